The average Bonchev–Trinajstić information content (AvgIpc) is 3.80. The van der Waals surface area contributed by atoms with Crippen molar-refractivity contribution in [1.29, 1.82) is 0 Å². The van der Waals surface area contributed by atoms with E-state index < -0.39 is 0 Å². The van der Waals surface area contributed by atoms with Crippen LogP contribution in [0.4, 0.5) is 17.1 Å². The third-order valence-electron chi connectivity index (χ3n) is 10.6. The van der Waals surface area contributed by atoms with Crippen molar-refractivity contribution in [3.63, 3.8) is 0 Å². The van der Waals surface area contributed by atoms with E-state index in [-0.39, 0.29) is 0 Å². The molecule has 0 aliphatic rings. The topological polar surface area (TPSA) is 29.5 Å². The molecule has 53 heavy (non-hydrogen) atoms. The van der Waals surface area contributed by atoms with E-state index in [2.05, 4.69) is 181 Å². The highest BCUT2D eigenvalue weighted by molar-refractivity contribution is 6.19. The van der Waals surface area contributed by atoms with Crippen LogP contribution < -0.4 is 4.90 Å². The van der Waals surface area contributed by atoms with Gasteiger partial charge < -0.3 is 13.7 Å². The molecule has 248 valence electrons. The molecular formula is C50H31NO2. The van der Waals surface area contributed by atoms with Crippen LogP contribution in [0, 0.1) is 0 Å². The Morgan fingerprint density at radius 3 is 1.91 bits per heavy atom. The number of fused-ring (bicyclic) bond motifs is 9. The fourth-order valence-corrected chi connectivity index (χ4v) is 8.15. The van der Waals surface area contributed by atoms with Crippen LogP contribution in [-0.4, -0.2) is 0 Å². The van der Waals surface area contributed by atoms with Gasteiger partial charge in [-0.1, -0.05) is 127 Å². The van der Waals surface area contributed by atoms with Crippen molar-refractivity contribution in [1.82, 2.24) is 0 Å². The summed E-state index contributed by atoms with van der Waals surface area (Å²) in [7, 11) is 0. The summed E-state index contributed by atoms with van der Waals surface area (Å²) in [5, 5.41) is 9.19. The van der Waals surface area contributed by atoms with Gasteiger partial charge in [-0.2, -0.15) is 0 Å². The summed E-state index contributed by atoms with van der Waals surface area (Å²) in [5.74, 6) is 0. The van der Waals surface area contributed by atoms with Crippen LogP contribution >= 0.6 is 0 Å². The van der Waals surface area contributed by atoms with Crippen molar-refractivity contribution in [2.24, 2.45) is 0 Å². The SMILES string of the molecule is c1cc(-c2cccc3ccccc23)cc(N(c2ccc(-c3ccc4oc5ccccc5c4c3)cc2)c2cccc3oc4c5ccccc5ccc4c23)c1. The predicted molar refractivity (Wildman–Crippen MR) is 222 cm³/mol. The van der Waals surface area contributed by atoms with Gasteiger partial charge in [0.2, 0.25) is 0 Å². The van der Waals surface area contributed by atoms with Crippen LogP contribution in [0.2, 0.25) is 0 Å². The molecule has 0 unspecified atom stereocenters. The molecule has 3 heteroatoms. The molecule has 0 radical (unpaired) electrons. The number of nitrogens with zero attached hydrogens (tertiary/aromatic N) is 1. The minimum absolute atomic E-state index is 0.862. The summed E-state index contributed by atoms with van der Waals surface area (Å²) >= 11 is 0. The van der Waals surface area contributed by atoms with Crippen molar-refractivity contribution in [2.45, 2.75) is 0 Å². The van der Waals surface area contributed by atoms with E-state index in [1.165, 1.54) is 16.3 Å². The highest BCUT2D eigenvalue weighted by atomic mass is 16.3. The van der Waals surface area contributed by atoms with Crippen LogP contribution in [0.1, 0.15) is 0 Å². The first-order valence-corrected chi connectivity index (χ1v) is 18.0. The number of para-hydroxylation sites is 1. The first kappa shape index (κ1) is 29.6. The van der Waals surface area contributed by atoms with E-state index in [9.17, 15) is 0 Å². The molecule has 0 aliphatic heterocycles. The number of anilines is 3. The van der Waals surface area contributed by atoms with Crippen molar-refractivity contribution >= 4 is 82.5 Å². The van der Waals surface area contributed by atoms with Crippen LogP contribution in [0.5, 0.6) is 0 Å². The lowest BCUT2D eigenvalue weighted by Crippen LogP contribution is -2.10. The zero-order valence-electron chi connectivity index (χ0n) is 28.7. The monoisotopic (exact) mass is 677 g/mol. The summed E-state index contributed by atoms with van der Waals surface area (Å²) in [4.78, 5) is 2.37. The Morgan fingerprint density at radius 2 is 1.02 bits per heavy atom. The van der Waals surface area contributed by atoms with Crippen molar-refractivity contribution in [3.8, 4) is 22.3 Å². The molecule has 0 saturated heterocycles. The van der Waals surface area contributed by atoms with Crippen molar-refractivity contribution in [3.05, 3.63) is 188 Å². The lowest BCUT2D eigenvalue weighted by atomic mass is 9.97. The fourth-order valence-electron chi connectivity index (χ4n) is 8.15. The Morgan fingerprint density at radius 1 is 0.340 bits per heavy atom. The first-order chi connectivity index (χ1) is 26.3. The zero-order chi connectivity index (χ0) is 34.9. The molecule has 9 aromatic carbocycles. The molecule has 0 atom stereocenters. The molecule has 0 bridgehead atoms. The molecule has 0 spiro atoms. The molecule has 3 nitrogen and oxygen atoms in total. The normalized spacial score (nSPS) is 11.8. The van der Waals surface area contributed by atoms with Gasteiger partial charge in [0.1, 0.15) is 22.3 Å². The molecular weight excluding hydrogens is 647 g/mol. The van der Waals surface area contributed by atoms with Gasteiger partial charge in [-0.3, -0.25) is 0 Å². The highest BCUT2D eigenvalue weighted by Crippen LogP contribution is 2.45. The first-order valence-electron chi connectivity index (χ1n) is 18.0. The molecule has 0 saturated carbocycles. The van der Waals surface area contributed by atoms with Gasteiger partial charge in [0, 0.05) is 32.9 Å². The third-order valence-corrected chi connectivity index (χ3v) is 10.6. The number of rotatable bonds is 5. The van der Waals surface area contributed by atoms with E-state index in [4.69, 9.17) is 8.83 Å². The second-order valence-electron chi connectivity index (χ2n) is 13.7. The average molecular weight is 678 g/mol. The molecule has 0 amide bonds. The lowest BCUT2D eigenvalue weighted by molar-refractivity contribution is 0.669. The maximum Gasteiger partial charge on any atom is 0.143 e. The minimum atomic E-state index is 0.862. The summed E-state index contributed by atoms with van der Waals surface area (Å²) < 4.78 is 12.8. The van der Waals surface area contributed by atoms with Gasteiger partial charge in [-0.15, -0.1) is 0 Å². The van der Waals surface area contributed by atoms with E-state index >= 15 is 0 Å². The molecule has 2 heterocycles. The number of hydrogen-bond acceptors (Lipinski definition) is 3. The van der Waals surface area contributed by atoms with Crippen molar-refractivity contribution < 1.29 is 8.83 Å². The van der Waals surface area contributed by atoms with E-state index in [0.29, 0.717) is 0 Å². The standard InChI is InChI=1S/C50H31NO2/c1-3-15-39-33(10-1)12-8-18-40(39)36-13-7-14-38(30-36)51(45-19-9-21-48-49(45)43-28-24-34-11-2-4-16-41(34)50(43)53-48)37-26-22-32(23-27-37)35-25-29-47-44(31-35)42-17-5-6-20-46(42)52-47/h1-31H. The molecule has 11 rings (SSSR count). The molecule has 0 fully saturated rings. The maximum atomic E-state index is 6.67. The zero-order valence-corrected chi connectivity index (χ0v) is 28.7. The molecule has 0 N–H and O–H groups in total. The van der Waals surface area contributed by atoms with Crippen LogP contribution in [0.15, 0.2) is 197 Å². The predicted octanol–water partition coefficient (Wildman–Crippen LogP) is 14.6. The van der Waals surface area contributed by atoms with Gasteiger partial charge in [0.15, 0.2) is 0 Å². The summed E-state index contributed by atoms with van der Waals surface area (Å²) in [6.07, 6.45) is 0. The van der Waals surface area contributed by atoms with E-state index in [1.54, 1.807) is 0 Å². The quantitative estimate of drug-likeness (QED) is 0.182. The maximum absolute atomic E-state index is 6.67. The Bertz CT molecular complexity index is 3180. The van der Waals surface area contributed by atoms with Crippen LogP contribution in [0.25, 0.3) is 87.7 Å². The van der Waals surface area contributed by atoms with Gasteiger partial charge in [0.25, 0.3) is 0 Å². The van der Waals surface area contributed by atoms with Gasteiger partial charge in [0.05, 0.1) is 11.1 Å². The second-order valence-corrected chi connectivity index (χ2v) is 13.7. The van der Waals surface area contributed by atoms with E-state index in [0.717, 1.165) is 88.4 Å². The third kappa shape index (κ3) is 4.75. The Labute approximate surface area is 305 Å². The Kier molecular flexibility index (Phi) is 6.55. The number of benzene rings is 9. The van der Waals surface area contributed by atoms with Gasteiger partial charge in [-0.25, -0.2) is 0 Å². The van der Waals surface area contributed by atoms with Crippen LogP contribution in [0.3, 0.4) is 0 Å². The molecule has 11 aromatic rings. The molecule has 2 aromatic heterocycles. The molecule has 0 aliphatic carbocycles. The minimum Gasteiger partial charge on any atom is -0.456 e. The lowest BCUT2D eigenvalue weighted by Gasteiger charge is -2.27. The Hall–Kier alpha value is -7.10. The van der Waals surface area contributed by atoms with Crippen molar-refractivity contribution in [2.75, 3.05) is 4.90 Å². The summed E-state index contributed by atoms with van der Waals surface area (Å²) in [6.45, 7) is 0. The van der Waals surface area contributed by atoms with E-state index in [1.807, 2.05) is 12.1 Å². The Balaban J connectivity index is 1.11. The second kappa shape index (κ2) is 11.7. The van der Waals surface area contributed by atoms with Gasteiger partial charge >= 0.3 is 0 Å². The van der Waals surface area contributed by atoms with Gasteiger partial charge in [-0.05, 0) is 99.1 Å². The highest BCUT2D eigenvalue weighted by Gasteiger charge is 2.21. The fraction of sp³-hybridized carbons (Fsp3) is 0. The number of hydrogen-bond donors (Lipinski definition) is 0. The summed E-state index contributed by atoms with van der Waals surface area (Å²) in [6, 6.07) is 66.9. The summed E-state index contributed by atoms with van der Waals surface area (Å²) in [5.41, 5.74) is 11.4. The largest absolute Gasteiger partial charge is 0.456 e. The number of furan rings is 2. The van der Waals surface area contributed by atoms with Crippen LogP contribution in [-0.2, 0) is 0 Å². The smallest absolute Gasteiger partial charge is 0.143 e.